The van der Waals surface area contributed by atoms with E-state index in [2.05, 4.69) is 26.1 Å². The smallest absolute Gasteiger partial charge is 0.305 e. The van der Waals surface area contributed by atoms with Gasteiger partial charge in [-0.2, -0.15) is 0 Å². The second-order valence-corrected chi connectivity index (χ2v) is 13.7. The molecule has 0 fully saturated rings. The van der Waals surface area contributed by atoms with Gasteiger partial charge in [0.1, 0.15) is 6.61 Å². The van der Waals surface area contributed by atoms with Crippen LogP contribution in [0, 0.1) is 0 Å². The van der Waals surface area contributed by atoms with Gasteiger partial charge >= 0.3 is 5.97 Å². The Kier molecular flexibility index (Phi) is 35.0. The van der Waals surface area contributed by atoms with Crippen LogP contribution in [-0.2, 0) is 19.1 Å². The largest absolute Gasteiger partial charge is 0.464 e. The van der Waals surface area contributed by atoms with Gasteiger partial charge in [0.25, 0.3) is 0 Å². The van der Waals surface area contributed by atoms with Crippen LogP contribution in [0.3, 0.4) is 0 Å². The Bertz CT molecular complexity index is 644. The first-order valence-electron chi connectivity index (χ1n) is 20.2. The predicted octanol–water partition coefficient (Wildman–Crippen LogP) is 11.2. The number of hydrogen-bond donors (Lipinski definition) is 1. The summed E-state index contributed by atoms with van der Waals surface area (Å²) < 4.78 is 5.51. The van der Waals surface area contributed by atoms with Crippen molar-refractivity contribution in [2.24, 2.45) is 0 Å². The minimum absolute atomic E-state index is 0.0710. The third kappa shape index (κ3) is 32.4. The molecule has 0 aromatic heterocycles. The van der Waals surface area contributed by atoms with Crippen molar-refractivity contribution in [2.45, 2.75) is 213 Å². The highest BCUT2D eigenvalue weighted by Gasteiger charge is 2.15. The van der Waals surface area contributed by atoms with Gasteiger partial charge in [0.05, 0.1) is 6.54 Å². The molecule has 0 radical (unpaired) electrons. The Balaban J connectivity index is 4.31. The molecule has 0 rings (SSSR count). The SMILES string of the molecule is CCCCCCCCCCCC(=O)NCCN(CCOC(=O)CCCCCCCCCCC)C(=O)CCCCCCCCCCC. The molecule has 0 bridgehead atoms. The van der Waals surface area contributed by atoms with Gasteiger partial charge in [-0.15, -0.1) is 0 Å². The van der Waals surface area contributed by atoms with Crippen LogP contribution in [0.4, 0.5) is 0 Å². The summed E-state index contributed by atoms with van der Waals surface area (Å²) in [6.07, 6.45) is 34.6. The van der Waals surface area contributed by atoms with E-state index in [4.69, 9.17) is 4.74 Å². The van der Waals surface area contributed by atoms with E-state index in [0.717, 1.165) is 38.5 Å². The quantitative estimate of drug-likeness (QED) is 0.0541. The van der Waals surface area contributed by atoms with Crippen molar-refractivity contribution in [2.75, 3.05) is 26.2 Å². The van der Waals surface area contributed by atoms with Crippen LogP contribution in [0.5, 0.6) is 0 Å². The summed E-state index contributed by atoms with van der Waals surface area (Å²) in [7, 11) is 0. The van der Waals surface area contributed by atoms with Gasteiger partial charge in [-0.1, -0.05) is 175 Å². The third-order valence-corrected chi connectivity index (χ3v) is 9.17. The number of amides is 2. The highest BCUT2D eigenvalue weighted by atomic mass is 16.5. The van der Waals surface area contributed by atoms with Crippen LogP contribution in [0.25, 0.3) is 0 Å². The lowest BCUT2D eigenvalue weighted by Crippen LogP contribution is -2.40. The summed E-state index contributed by atoms with van der Waals surface area (Å²) in [4.78, 5) is 39.6. The average molecular weight is 651 g/mol. The van der Waals surface area contributed by atoms with Crippen LogP contribution >= 0.6 is 0 Å². The van der Waals surface area contributed by atoms with Gasteiger partial charge in [0, 0.05) is 32.4 Å². The molecule has 0 aromatic rings. The summed E-state index contributed by atoms with van der Waals surface area (Å²) in [6, 6.07) is 0. The minimum atomic E-state index is -0.163. The predicted molar refractivity (Wildman–Crippen MR) is 196 cm³/mol. The summed E-state index contributed by atoms with van der Waals surface area (Å²) in [5, 5.41) is 3.02. The Morgan fingerprint density at radius 2 is 0.826 bits per heavy atom. The van der Waals surface area contributed by atoms with E-state index in [1.165, 1.54) is 135 Å². The highest BCUT2D eigenvalue weighted by Crippen LogP contribution is 2.13. The maximum Gasteiger partial charge on any atom is 0.305 e. The van der Waals surface area contributed by atoms with Gasteiger partial charge in [0.2, 0.25) is 11.8 Å². The van der Waals surface area contributed by atoms with Crippen molar-refractivity contribution < 1.29 is 19.1 Å². The summed E-state index contributed by atoms with van der Waals surface area (Å²) in [5.41, 5.74) is 0. The number of nitrogens with one attached hydrogen (secondary N) is 1. The third-order valence-electron chi connectivity index (χ3n) is 9.17. The molecule has 6 heteroatoms. The van der Waals surface area contributed by atoms with Crippen LogP contribution < -0.4 is 5.32 Å². The zero-order chi connectivity index (χ0) is 33.8. The van der Waals surface area contributed by atoms with E-state index in [9.17, 15) is 14.4 Å². The van der Waals surface area contributed by atoms with Crippen molar-refractivity contribution in [3.05, 3.63) is 0 Å². The van der Waals surface area contributed by atoms with Crippen molar-refractivity contribution in [1.29, 1.82) is 0 Å². The molecule has 0 saturated carbocycles. The van der Waals surface area contributed by atoms with Crippen LogP contribution in [0.2, 0.25) is 0 Å². The Labute approximate surface area is 286 Å². The van der Waals surface area contributed by atoms with Gasteiger partial charge in [-0.25, -0.2) is 0 Å². The fourth-order valence-corrected chi connectivity index (χ4v) is 6.04. The number of unbranched alkanes of at least 4 members (excludes halogenated alkanes) is 24. The molecule has 0 atom stereocenters. The molecule has 2 amide bonds. The van der Waals surface area contributed by atoms with Crippen molar-refractivity contribution in [1.82, 2.24) is 10.2 Å². The van der Waals surface area contributed by atoms with Crippen LogP contribution in [-0.4, -0.2) is 48.9 Å². The fourth-order valence-electron chi connectivity index (χ4n) is 6.04. The molecule has 0 unspecified atom stereocenters. The number of esters is 1. The molecular formula is C40H78N2O4. The molecule has 46 heavy (non-hydrogen) atoms. The zero-order valence-corrected chi connectivity index (χ0v) is 31.1. The summed E-state index contributed by atoms with van der Waals surface area (Å²) in [6.45, 7) is 8.28. The zero-order valence-electron chi connectivity index (χ0n) is 31.1. The Hall–Kier alpha value is -1.59. The number of carbonyl (C=O) groups excluding carboxylic acids is 3. The number of rotatable bonds is 36. The summed E-state index contributed by atoms with van der Waals surface area (Å²) in [5.74, 6) is 0.0105. The van der Waals surface area contributed by atoms with Gasteiger partial charge in [0.15, 0.2) is 0 Å². The average Bonchev–Trinajstić information content (AvgIpc) is 3.05. The van der Waals surface area contributed by atoms with Crippen molar-refractivity contribution >= 4 is 17.8 Å². The minimum Gasteiger partial charge on any atom is -0.464 e. The maximum absolute atomic E-state index is 13.1. The lowest BCUT2D eigenvalue weighted by atomic mass is 10.1. The first-order chi connectivity index (χ1) is 22.5. The topological polar surface area (TPSA) is 75.7 Å². The molecule has 0 spiro atoms. The standard InChI is InChI=1S/C40H78N2O4/c1-4-7-10-13-16-19-22-25-28-31-38(43)41-34-35-42(39(44)32-29-26-23-20-17-14-11-8-5-2)36-37-46-40(45)33-30-27-24-21-18-15-12-9-6-3/h4-37H2,1-3H3,(H,41,43). The first-order valence-corrected chi connectivity index (χ1v) is 20.2. The van der Waals surface area contributed by atoms with E-state index < -0.39 is 0 Å². The molecular weight excluding hydrogens is 572 g/mol. The van der Waals surface area contributed by atoms with E-state index in [1.807, 2.05) is 0 Å². The molecule has 0 aliphatic rings. The lowest BCUT2D eigenvalue weighted by molar-refractivity contribution is -0.146. The number of carbonyl (C=O) groups is 3. The molecule has 0 heterocycles. The summed E-state index contributed by atoms with van der Waals surface area (Å²) >= 11 is 0. The molecule has 0 aromatic carbocycles. The van der Waals surface area contributed by atoms with Crippen molar-refractivity contribution in [3.8, 4) is 0 Å². The molecule has 6 nitrogen and oxygen atoms in total. The molecule has 1 N–H and O–H groups in total. The highest BCUT2D eigenvalue weighted by molar-refractivity contribution is 5.77. The van der Waals surface area contributed by atoms with Crippen LogP contribution in [0.1, 0.15) is 213 Å². The number of nitrogens with zero attached hydrogens (tertiary/aromatic N) is 1. The number of hydrogen-bond acceptors (Lipinski definition) is 4. The van der Waals surface area contributed by atoms with Crippen molar-refractivity contribution in [3.63, 3.8) is 0 Å². The fraction of sp³-hybridized carbons (Fsp3) is 0.925. The maximum atomic E-state index is 13.1. The van der Waals surface area contributed by atoms with Gasteiger partial charge in [-0.05, 0) is 19.3 Å². The number of ether oxygens (including phenoxy) is 1. The normalized spacial score (nSPS) is 11.1. The first kappa shape index (κ1) is 44.4. The van der Waals surface area contributed by atoms with E-state index in [0.29, 0.717) is 38.9 Å². The van der Waals surface area contributed by atoms with E-state index in [-0.39, 0.29) is 24.4 Å². The van der Waals surface area contributed by atoms with Crippen LogP contribution in [0.15, 0.2) is 0 Å². The molecule has 272 valence electrons. The van der Waals surface area contributed by atoms with E-state index >= 15 is 0 Å². The monoisotopic (exact) mass is 651 g/mol. The van der Waals surface area contributed by atoms with Gasteiger partial charge in [-0.3, -0.25) is 14.4 Å². The second-order valence-electron chi connectivity index (χ2n) is 13.7. The Morgan fingerprint density at radius 3 is 1.26 bits per heavy atom. The van der Waals surface area contributed by atoms with E-state index in [1.54, 1.807) is 4.90 Å². The van der Waals surface area contributed by atoms with Gasteiger partial charge < -0.3 is 15.0 Å². The Morgan fingerprint density at radius 1 is 0.457 bits per heavy atom. The second kappa shape index (κ2) is 36.2. The molecule has 0 aliphatic carbocycles. The molecule has 0 saturated heterocycles. The lowest BCUT2D eigenvalue weighted by Gasteiger charge is -2.23. The molecule has 0 aliphatic heterocycles.